The number of aryl methyl sites for hydroxylation is 1. The molecular formula is C11H15NO2. The maximum Gasteiger partial charge on any atom is 0.337 e. The van der Waals surface area contributed by atoms with E-state index in [1.54, 1.807) is 12.1 Å². The molecule has 0 aliphatic heterocycles. The van der Waals surface area contributed by atoms with Crippen LogP contribution in [0.2, 0.25) is 0 Å². The van der Waals surface area contributed by atoms with Crippen LogP contribution in [0.1, 0.15) is 22.8 Å². The van der Waals surface area contributed by atoms with Crippen molar-refractivity contribution in [3.63, 3.8) is 0 Å². The molecule has 0 spiro atoms. The standard InChI is InChI=1S/C11H15NO2/c1-4-12(3)10-8(2)6-5-7-9(10)11(13)14/h5-7H,4H2,1-3H3,(H,13,14). The Hall–Kier alpha value is -1.51. The summed E-state index contributed by atoms with van der Waals surface area (Å²) in [5.41, 5.74) is 2.17. The largest absolute Gasteiger partial charge is 0.478 e. The van der Waals surface area contributed by atoms with Gasteiger partial charge >= 0.3 is 5.97 Å². The van der Waals surface area contributed by atoms with Gasteiger partial charge in [0.15, 0.2) is 0 Å². The smallest absolute Gasteiger partial charge is 0.337 e. The van der Waals surface area contributed by atoms with Crippen LogP contribution < -0.4 is 4.90 Å². The number of anilines is 1. The highest BCUT2D eigenvalue weighted by Crippen LogP contribution is 2.23. The van der Waals surface area contributed by atoms with Crippen molar-refractivity contribution >= 4 is 11.7 Å². The average molecular weight is 193 g/mol. The average Bonchev–Trinajstić information content (AvgIpc) is 2.16. The second-order valence-electron chi connectivity index (χ2n) is 3.29. The van der Waals surface area contributed by atoms with E-state index in [0.29, 0.717) is 5.56 Å². The molecule has 14 heavy (non-hydrogen) atoms. The Bertz CT molecular complexity index is 347. The van der Waals surface area contributed by atoms with E-state index in [1.165, 1.54) is 0 Å². The molecule has 0 aliphatic carbocycles. The third kappa shape index (κ3) is 1.87. The van der Waals surface area contributed by atoms with Gasteiger partial charge < -0.3 is 10.0 Å². The van der Waals surface area contributed by atoms with Crippen molar-refractivity contribution in [3.8, 4) is 0 Å². The maximum atomic E-state index is 11.0. The monoisotopic (exact) mass is 193 g/mol. The zero-order valence-corrected chi connectivity index (χ0v) is 8.74. The van der Waals surface area contributed by atoms with Gasteiger partial charge in [-0.3, -0.25) is 0 Å². The maximum absolute atomic E-state index is 11.0. The molecular weight excluding hydrogens is 178 g/mol. The van der Waals surface area contributed by atoms with E-state index < -0.39 is 5.97 Å². The van der Waals surface area contributed by atoms with Gasteiger partial charge in [-0.15, -0.1) is 0 Å². The summed E-state index contributed by atoms with van der Waals surface area (Å²) in [7, 11) is 1.90. The summed E-state index contributed by atoms with van der Waals surface area (Å²) in [6, 6.07) is 5.33. The summed E-state index contributed by atoms with van der Waals surface area (Å²) < 4.78 is 0. The van der Waals surface area contributed by atoms with Crippen LogP contribution in [0.25, 0.3) is 0 Å². The molecule has 3 heteroatoms. The molecule has 1 N–H and O–H groups in total. The highest BCUT2D eigenvalue weighted by Gasteiger charge is 2.13. The Morgan fingerprint density at radius 1 is 1.50 bits per heavy atom. The van der Waals surface area contributed by atoms with Gasteiger partial charge in [-0.2, -0.15) is 0 Å². The molecule has 0 saturated heterocycles. The fourth-order valence-electron chi connectivity index (χ4n) is 1.50. The molecule has 1 rings (SSSR count). The van der Waals surface area contributed by atoms with Crippen molar-refractivity contribution in [2.45, 2.75) is 13.8 Å². The van der Waals surface area contributed by atoms with E-state index in [-0.39, 0.29) is 0 Å². The van der Waals surface area contributed by atoms with Crippen LogP contribution in [0, 0.1) is 6.92 Å². The van der Waals surface area contributed by atoms with Crippen LogP contribution >= 0.6 is 0 Å². The van der Waals surface area contributed by atoms with Crippen LogP contribution in [0.3, 0.4) is 0 Å². The minimum atomic E-state index is -0.871. The quantitative estimate of drug-likeness (QED) is 0.799. The molecule has 76 valence electrons. The molecule has 0 heterocycles. The third-order valence-electron chi connectivity index (χ3n) is 2.32. The number of rotatable bonds is 3. The first-order valence-corrected chi connectivity index (χ1v) is 4.62. The number of carbonyl (C=O) groups is 1. The van der Waals surface area contributed by atoms with Crippen LogP contribution in [0.15, 0.2) is 18.2 Å². The first-order chi connectivity index (χ1) is 6.57. The van der Waals surface area contributed by atoms with Gasteiger partial charge in [0.25, 0.3) is 0 Å². The Labute approximate surface area is 84.0 Å². The van der Waals surface area contributed by atoms with E-state index in [2.05, 4.69) is 0 Å². The van der Waals surface area contributed by atoms with Crippen LogP contribution in [0.4, 0.5) is 5.69 Å². The van der Waals surface area contributed by atoms with Crippen molar-refractivity contribution in [3.05, 3.63) is 29.3 Å². The first kappa shape index (κ1) is 10.6. The van der Waals surface area contributed by atoms with E-state index >= 15 is 0 Å². The molecule has 0 aliphatic rings. The number of carboxylic acid groups (broad SMARTS) is 1. The number of para-hydroxylation sites is 1. The fraction of sp³-hybridized carbons (Fsp3) is 0.364. The zero-order chi connectivity index (χ0) is 10.7. The van der Waals surface area contributed by atoms with Crippen LogP contribution in [-0.2, 0) is 0 Å². The lowest BCUT2D eigenvalue weighted by atomic mass is 10.1. The highest BCUT2D eigenvalue weighted by molar-refractivity contribution is 5.95. The molecule has 1 aromatic rings. The minimum absolute atomic E-state index is 0.370. The van der Waals surface area contributed by atoms with Gasteiger partial charge in [-0.05, 0) is 25.5 Å². The summed E-state index contributed by atoms with van der Waals surface area (Å²) in [4.78, 5) is 12.9. The Morgan fingerprint density at radius 3 is 2.64 bits per heavy atom. The van der Waals surface area contributed by atoms with Gasteiger partial charge in [0.2, 0.25) is 0 Å². The second-order valence-corrected chi connectivity index (χ2v) is 3.29. The zero-order valence-electron chi connectivity index (χ0n) is 8.74. The van der Waals surface area contributed by atoms with Gasteiger partial charge in [0.1, 0.15) is 0 Å². The number of benzene rings is 1. The van der Waals surface area contributed by atoms with E-state index in [9.17, 15) is 4.79 Å². The lowest BCUT2D eigenvalue weighted by Gasteiger charge is -2.21. The van der Waals surface area contributed by atoms with Gasteiger partial charge in [0.05, 0.1) is 11.3 Å². The van der Waals surface area contributed by atoms with E-state index in [0.717, 1.165) is 17.8 Å². The van der Waals surface area contributed by atoms with Crippen LogP contribution in [0.5, 0.6) is 0 Å². The SMILES string of the molecule is CCN(C)c1c(C)cccc1C(=O)O. The lowest BCUT2D eigenvalue weighted by Crippen LogP contribution is -2.20. The molecule has 0 saturated carbocycles. The summed E-state index contributed by atoms with van der Waals surface area (Å²) in [6.07, 6.45) is 0. The predicted octanol–water partition coefficient (Wildman–Crippen LogP) is 2.15. The molecule has 0 fully saturated rings. The van der Waals surface area contributed by atoms with Gasteiger partial charge in [-0.1, -0.05) is 12.1 Å². The van der Waals surface area contributed by atoms with Gasteiger partial charge in [0, 0.05) is 13.6 Å². The van der Waals surface area contributed by atoms with Crippen molar-refractivity contribution in [2.75, 3.05) is 18.5 Å². The Morgan fingerprint density at radius 2 is 2.14 bits per heavy atom. The van der Waals surface area contributed by atoms with Crippen molar-refractivity contribution in [1.82, 2.24) is 0 Å². The number of hydrogen-bond acceptors (Lipinski definition) is 2. The molecule has 0 radical (unpaired) electrons. The molecule has 3 nitrogen and oxygen atoms in total. The predicted molar refractivity (Wildman–Crippen MR) is 57.1 cm³/mol. The Kier molecular flexibility index (Phi) is 3.12. The molecule has 0 aromatic heterocycles. The first-order valence-electron chi connectivity index (χ1n) is 4.62. The summed E-state index contributed by atoms with van der Waals surface area (Å²) in [5, 5.41) is 9.01. The number of hydrogen-bond donors (Lipinski definition) is 1. The van der Waals surface area contributed by atoms with Crippen molar-refractivity contribution in [2.24, 2.45) is 0 Å². The number of carboxylic acids is 1. The summed E-state index contributed by atoms with van der Waals surface area (Å²) >= 11 is 0. The molecule has 0 bridgehead atoms. The highest BCUT2D eigenvalue weighted by atomic mass is 16.4. The van der Waals surface area contributed by atoms with Gasteiger partial charge in [-0.25, -0.2) is 4.79 Å². The normalized spacial score (nSPS) is 9.93. The second kappa shape index (κ2) is 4.13. The number of aromatic carboxylic acids is 1. The van der Waals surface area contributed by atoms with E-state index in [1.807, 2.05) is 31.9 Å². The molecule has 0 unspecified atom stereocenters. The van der Waals surface area contributed by atoms with Crippen molar-refractivity contribution in [1.29, 1.82) is 0 Å². The fourth-order valence-corrected chi connectivity index (χ4v) is 1.50. The Balaban J connectivity index is 3.29. The summed E-state index contributed by atoms with van der Waals surface area (Å²) in [6.45, 7) is 4.72. The third-order valence-corrected chi connectivity index (χ3v) is 2.32. The van der Waals surface area contributed by atoms with E-state index in [4.69, 9.17) is 5.11 Å². The van der Waals surface area contributed by atoms with Crippen molar-refractivity contribution < 1.29 is 9.90 Å². The molecule has 0 amide bonds. The number of nitrogens with zero attached hydrogens (tertiary/aromatic N) is 1. The molecule has 0 atom stereocenters. The topological polar surface area (TPSA) is 40.5 Å². The summed E-state index contributed by atoms with van der Waals surface area (Å²) in [5.74, 6) is -0.871. The minimum Gasteiger partial charge on any atom is -0.478 e. The van der Waals surface area contributed by atoms with Crippen LogP contribution in [-0.4, -0.2) is 24.7 Å². The molecule has 1 aromatic carbocycles. The lowest BCUT2D eigenvalue weighted by molar-refractivity contribution is 0.0697.